The van der Waals surface area contributed by atoms with Crippen molar-refractivity contribution in [2.45, 2.75) is 335 Å². The number of benzene rings is 1. The van der Waals surface area contributed by atoms with Crippen LogP contribution in [0.3, 0.4) is 0 Å². The molecule has 1 heterocycles. The first-order valence-corrected chi connectivity index (χ1v) is 42.7. The lowest BCUT2D eigenvalue weighted by atomic mass is 9.92. The number of hydrogen-bond donors (Lipinski definition) is 21. The summed E-state index contributed by atoms with van der Waals surface area (Å²) in [6.45, 7) is 32.5. The van der Waals surface area contributed by atoms with Crippen LogP contribution in [0.5, 0.6) is 0 Å². The van der Waals surface area contributed by atoms with E-state index in [0.29, 0.717) is 6.42 Å². The van der Waals surface area contributed by atoms with E-state index in [1.807, 2.05) is 0 Å². The lowest BCUT2D eigenvalue weighted by Gasteiger charge is -2.36. The zero-order chi connectivity index (χ0) is 97.8. The van der Waals surface area contributed by atoms with Crippen molar-refractivity contribution < 1.29 is 106 Å². The fraction of sp³-hybridized carbons (Fsp3) is 0.694. The van der Waals surface area contributed by atoms with Crippen molar-refractivity contribution in [3.8, 4) is 0 Å². The second kappa shape index (κ2) is 47.9. The normalized spacial score (nSPS) is 16.0. The Bertz CT molecular complexity index is 4150. The van der Waals surface area contributed by atoms with Gasteiger partial charge in [-0.05, 0) is 185 Å². The Balaban J connectivity index is 2.22. The average molecular weight is 1800 g/mol. The van der Waals surface area contributed by atoms with Gasteiger partial charge in [-0.3, -0.25) is 95.9 Å². The summed E-state index contributed by atoms with van der Waals surface area (Å²) in [6.07, 6.45) is -0.872. The number of nitrogens with zero attached hydrogens (tertiary/aromatic N) is 1. The van der Waals surface area contributed by atoms with Gasteiger partial charge in [-0.1, -0.05) is 85.7 Å². The number of nitrogens with two attached hydrogens (primary N) is 2. The lowest BCUT2D eigenvalue weighted by Crippen LogP contribution is -2.67. The summed E-state index contributed by atoms with van der Waals surface area (Å²) in [4.78, 5) is 274. The van der Waals surface area contributed by atoms with Gasteiger partial charge in [0.1, 0.15) is 92.6 Å². The Hall–Kier alpha value is -11.5. The highest BCUT2D eigenvalue weighted by Crippen LogP contribution is 2.25. The number of likely N-dealkylation sites (tertiary alicyclic amines) is 1. The number of primary amides is 2. The second-order valence-corrected chi connectivity index (χ2v) is 37.2. The Morgan fingerprint density at radius 2 is 0.843 bits per heavy atom. The Labute approximate surface area is 743 Å². The summed E-state index contributed by atoms with van der Waals surface area (Å²) in [5, 5.41) is 63.5. The number of nitrogens with one attached hydrogen (secondary N) is 17. The molecule has 42 heteroatoms. The van der Waals surface area contributed by atoms with Crippen LogP contribution in [-0.2, 0) is 102 Å². The first-order valence-electron chi connectivity index (χ1n) is 42.7. The smallest absolute Gasteiger partial charge is 0.248 e. The maximum atomic E-state index is 14.6. The maximum Gasteiger partial charge on any atom is 0.248 e. The van der Waals surface area contributed by atoms with E-state index in [0.717, 1.165) is 5.56 Å². The topological polar surface area (TPSA) is 642 Å². The van der Waals surface area contributed by atoms with Crippen LogP contribution < -0.4 is 102 Å². The highest BCUT2D eigenvalue weighted by molar-refractivity contribution is 6.04. The molecule has 0 spiro atoms. The van der Waals surface area contributed by atoms with Crippen LogP contribution in [0, 0.1) is 17.8 Å². The van der Waals surface area contributed by atoms with Crippen LogP contribution in [-0.4, -0.2) is 258 Å². The lowest BCUT2D eigenvalue weighted by molar-refractivity contribution is -0.145. The zero-order valence-electron chi connectivity index (χ0n) is 78.1. The number of carbonyl (C=O) groups excluding carboxylic acids is 20. The van der Waals surface area contributed by atoms with Gasteiger partial charge in [0.25, 0.3) is 0 Å². The van der Waals surface area contributed by atoms with Crippen molar-refractivity contribution in [3.63, 3.8) is 0 Å². The molecule has 0 bridgehead atoms. The van der Waals surface area contributed by atoms with Crippen LogP contribution in [0.15, 0.2) is 30.3 Å². The molecule has 0 aromatic heterocycles. The molecule has 1 saturated heterocycles. The number of hydrogen-bond acceptors (Lipinski definition) is 22. The third-order valence-corrected chi connectivity index (χ3v) is 21.4. The van der Waals surface area contributed by atoms with Gasteiger partial charge in [0, 0.05) is 26.3 Å². The van der Waals surface area contributed by atoms with Crippen molar-refractivity contribution in [2.75, 3.05) is 26.3 Å². The van der Waals surface area contributed by atoms with Gasteiger partial charge < -0.3 is 117 Å². The largest absolute Gasteiger partial charge is 0.394 e. The molecule has 1 aromatic rings. The molecule has 0 radical (unpaired) electrons. The minimum Gasteiger partial charge on any atom is -0.394 e. The Morgan fingerprint density at radius 1 is 0.425 bits per heavy atom. The first kappa shape index (κ1) is 112. The number of rotatable bonds is 51. The predicted molar refractivity (Wildman–Crippen MR) is 466 cm³/mol. The molecular weight excluding hydrogens is 1650 g/mol. The quantitative estimate of drug-likeness (QED) is 0.0300. The number of aliphatic hydroxyl groups excluding tert-OH is 2. The molecule has 11 atom stereocenters. The Morgan fingerprint density at radius 3 is 1.32 bits per heavy atom. The highest BCUT2D eigenvalue weighted by atomic mass is 16.3. The number of amides is 20. The van der Waals surface area contributed by atoms with E-state index in [-0.39, 0.29) is 69.7 Å². The van der Waals surface area contributed by atoms with E-state index in [1.54, 1.807) is 71.9 Å². The molecule has 0 saturated carbocycles. The zero-order valence-corrected chi connectivity index (χ0v) is 78.1. The van der Waals surface area contributed by atoms with Gasteiger partial charge in [0.2, 0.25) is 118 Å². The van der Waals surface area contributed by atoms with Crippen LogP contribution in [0.1, 0.15) is 236 Å². The standard InChI is InChI=1S/C85H142N20O22/c1-25-84(23,102-65(115)53(35-37-59(87)110)94-75(125)85(24,26-2)104-74(124)82(19,20)98-62(112)48(9)89-64(114)56(44-107)95-71(121)79(13,14)97-49(10)108)76(126)96-61(47(7)8)69(119)101-78(11,12)70(120)88-42-60(111)91-54(39-45(3)4)66(116)100-83(21,22)77(127)105-38-30-33-57(105)68(118)92-55(40-46(5)6)67(117)99-81(17,18)73(123)103-80(15,16)72(122)93-52(34-36-58(86)109)63(113)90-51(43-106)41-50-31-28-27-29-32-50/h27-29,31-32,45-48,51-57,61,106-107H,25-26,30,33-44H2,1-24H3,(H2,86,109)(H2,87,110)(H,88,120)(H,89,114)(H,90,113)(H,91,111)(H,92,118)(H,93,122)(H,94,125)(H,95,121)(H,96,126)(H,97,108)(H,98,112)(H,99,117)(H,100,116)(H,101,119)(H,102,115)(H,103,123)(H,104,124). The highest BCUT2D eigenvalue weighted by Gasteiger charge is 2.48. The molecule has 2 rings (SSSR count). The fourth-order valence-electron chi connectivity index (χ4n) is 13.0. The van der Waals surface area contributed by atoms with E-state index in [4.69, 9.17) is 11.5 Å². The summed E-state index contributed by atoms with van der Waals surface area (Å²) in [7, 11) is 0. The molecule has 0 aliphatic carbocycles. The van der Waals surface area contributed by atoms with Gasteiger partial charge in [0.05, 0.1) is 25.8 Å². The average Bonchev–Trinajstić information content (AvgIpc) is 1.76. The SMILES string of the molecule is CCC(C)(NC(=O)C(CCC(N)=O)NC(=O)C(C)(CC)NC(=O)C(C)(C)NC(=O)C(C)NC(=O)C(CO)NC(=O)C(C)(C)NC(C)=O)C(=O)NC(C(=O)NC(C)(C)C(=O)NCC(=O)NC(CC(C)C)C(=O)NC(C)(C)C(=O)N1CCCC1C(=O)NC(CC(C)C)C(=O)NC(C)(C)C(=O)NC(C)(C)C(=O)NC(CCC(N)=O)C(=O)NC(CO)Cc1ccccc1)C(C)C. The van der Waals surface area contributed by atoms with Gasteiger partial charge in [0.15, 0.2) is 0 Å². The molecule has 1 aromatic carbocycles. The molecule has 1 fully saturated rings. The second-order valence-electron chi connectivity index (χ2n) is 37.2. The molecule has 127 heavy (non-hydrogen) atoms. The molecule has 1 aliphatic heterocycles. The van der Waals surface area contributed by atoms with Crippen molar-refractivity contribution in [1.82, 2.24) is 95.3 Å². The molecule has 42 nitrogen and oxygen atoms in total. The van der Waals surface area contributed by atoms with Gasteiger partial charge >= 0.3 is 0 Å². The summed E-state index contributed by atoms with van der Waals surface area (Å²) >= 11 is 0. The summed E-state index contributed by atoms with van der Waals surface area (Å²) < 4.78 is 0. The minimum atomic E-state index is -1.87. The van der Waals surface area contributed by atoms with Crippen LogP contribution in [0.4, 0.5) is 0 Å². The van der Waals surface area contributed by atoms with Crippen molar-refractivity contribution in [1.29, 1.82) is 0 Å². The summed E-state index contributed by atoms with van der Waals surface area (Å²) in [5.74, 6) is -18.0. The van der Waals surface area contributed by atoms with Gasteiger partial charge in [-0.2, -0.15) is 0 Å². The molecule has 23 N–H and O–H groups in total. The molecule has 714 valence electrons. The van der Waals surface area contributed by atoms with E-state index in [1.165, 1.54) is 130 Å². The summed E-state index contributed by atoms with van der Waals surface area (Å²) in [6, 6.07) is -2.80. The van der Waals surface area contributed by atoms with Crippen molar-refractivity contribution in [2.24, 2.45) is 29.2 Å². The van der Waals surface area contributed by atoms with E-state index in [2.05, 4.69) is 90.4 Å². The molecule has 20 amide bonds. The van der Waals surface area contributed by atoms with Crippen molar-refractivity contribution in [3.05, 3.63) is 35.9 Å². The summed E-state index contributed by atoms with van der Waals surface area (Å²) in [5.41, 5.74) is -2.42. The van der Waals surface area contributed by atoms with Crippen LogP contribution >= 0.6 is 0 Å². The van der Waals surface area contributed by atoms with E-state index < -0.39 is 255 Å². The molecular formula is C85H142N20O22. The monoisotopic (exact) mass is 1800 g/mol. The van der Waals surface area contributed by atoms with E-state index in [9.17, 15) is 106 Å². The first-order chi connectivity index (χ1) is 58.3. The van der Waals surface area contributed by atoms with E-state index >= 15 is 0 Å². The fourth-order valence-corrected chi connectivity index (χ4v) is 13.0. The van der Waals surface area contributed by atoms with Crippen LogP contribution in [0.2, 0.25) is 0 Å². The molecule has 11 unspecified atom stereocenters. The Kier molecular flexibility index (Phi) is 42.1. The maximum absolute atomic E-state index is 14.6. The number of aliphatic hydroxyl groups is 2. The van der Waals surface area contributed by atoms with Crippen molar-refractivity contribution >= 4 is 118 Å². The van der Waals surface area contributed by atoms with Gasteiger partial charge in [-0.15, -0.1) is 0 Å². The third kappa shape index (κ3) is 35.0. The van der Waals surface area contributed by atoms with Crippen LogP contribution in [0.25, 0.3) is 0 Å². The minimum absolute atomic E-state index is 0.0270. The molecule has 1 aliphatic rings. The predicted octanol–water partition coefficient (Wildman–Crippen LogP) is -3.54. The van der Waals surface area contributed by atoms with Gasteiger partial charge in [-0.25, -0.2) is 0 Å². The number of carbonyl (C=O) groups is 20. The third-order valence-electron chi connectivity index (χ3n) is 21.4.